The van der Waals surface area contributed by atoms with E-state index >= 15 is 0 Å². The van der Waals surface area contributed by atoms with Crippen molar-refractivity contribution in [2.24, 2.45) is 0 Å². The molecule has 5 heteroatoms. The standard InChI is InChI=1S/C15H25N3OS/c1-12(2)19-14-5-3-4-13(15(14)16)17-6-7-18-8-10-20-11-9-18/h3-5,12,17H,6-11,16H2,1-2H3. The second-order valence-corrected chi connectivity index (χ2v) is 6.49. The van der Waals surface area contributed by atoms with Crippen molar-refractivity contribution < 1.29 is 4.74 Å². The summed E-state index contributed by atoms with van der Waals surface area (Å²) in [4.78, 5) is 2.49. The molecule has 4 nitrogen and oxygen atoms in total. The van der Waals surface area contributed by atoms with Gasteiger partial charge in [0.15, 0.2) is 0 Å². The fourth-order valence-electron chi connectivity index (χ4n) is 2.23. The van der Waals surface area contributed by atoms with E-state index in [1.807, 2.05) is 43.8 Å². The van der Waals surface area contributed by atoms with Crippen LogP contribution in [-0.2, 0) is 0 Å². The Morgan fingerprint density at radius 2 is 2.10 bits per heavy atom. The van der Waals surface area contributed by atoms with E-state index in [0.717, 1.165) is 24.5 Å². The number of thioether (sulfide) groups is 1. The summed E-state index contributed by atoms with van der Waals surface area (Å²) in [6, 6.07) is 5.91. The first-order chi connectivity index (χ1) is 9.66. The van der Waals surface area contributed by atoms with Crippen LogP contribution < -0.4 is 15.8 Å². The summed E-state index contributed by atoms with van der Waals surface area (Å²) in [7, 11) is 0. The highest BCUT2D eigenvalue weighted by Crippen LogP contribution is 2.29. The molecule has 3 N–H and O–H groups in total. The summed E-state index contributed by atoms with van der Waals surface area (Å²) in [6.07, 6.45) is 0.137. The number of benzene rings is 1. The Hall–Kier alpha value is -1.07. The first-order valence-electron chi connectivity index (χ1n) is 7.26. The fourth-order valence-corrected chi connectivity index (χ4v) is 3.21. The molecule has 1 saturated heterocycles. The number of para-hydroxylation sites is 1. The Morgan fingerprint density at radius 1 is 1.35 bits per heavy atom. The van der Waals surface area contributed by atoms with Crippen molar-refractivity contribution in [3.05, 3.63) is 18.2 Å². The minimum Gasteiger partial charge on any atom is -0.489 e. The fraction of sp³-hybridized carbons (Fsp3) is 0.600. The molecule has 0 bridgehead atoms. The number of nitrogens with one attached hydrogen (secondary N) is 1. The van der Waals surface area contributed by atoms with E-state index < -0.39 is 0 Å². The average Bonchev–Trinajstić information content (AvgIpc) is 2.43. The molecule has 1 aliphatic heterocycles. The van der Waals surface area contributed by atoms with E-state index in [-0.39, 0.29) is 6.10 Å². The lowest BCUT2D eigenvalue weighted by atomic mass is 10.2. The Morgan fingerprint density at radius 3 is 2.80 bits per heavy atom. The van der Waals surface area contributed by atoms with Gasteiger partial charge >= 0.3 is 0 Å². The van der Waals surface area contributed by atoms with Crippen LogP contribution >= 0.6 is 11.8 Å². The number of nitrogen functional groups attached to an aromatic ring is 1. The Bertz CT molecular complexity index is 420. The molecule has 0 amide bonds. The molecule has 0 radical (unpaired) electrons. The number of ether oxygens (including phenoxy) is 1. The maximum absolute atomic E-state index is 6.15. The lowest BCUT2D eigenvalue weighted by Crippen LogP contribution is -2.36. The third-order valence-corrected chi connectivity index (χ3v) is 4.22. The molecule has 1 fully saturated rings. The SMILES string of the molecule is CC(C)Oc1cccc(NCCN2CCSCC2)c1N. The molecule has 2 rings (SSSR count). The highest BCUT2D eigenvalue weighted by atomic mass is 32.2. The maximum atomic E-state index is 6.15. The lowest BCUT2D eigenvalue weighted by molar-refractivity contribution is 0.244. The van der Waals surface area contributed by atoms with Gasteiger partial charge in [0.1, 0.15) is 5.75 Å². The van der Waals surface area contributed by atoms with Gasteiger partial charge in [-0.15, -0.1) is 0 Å². The van der Waals surface area contributed by atoms with Crippen molar-refractivity contribution >= 4 is 23.1 Å². The summed E-state index contributed by atoms with van der Waals surface area (Å²) in [6.45, 7) is 8.38. The smallest absolute Gasteiger partial charge is 0.144 e. The van der Waals surface area contributed by atoms with Crippen LogP contribution in [0.25, 0.3) is 0 Å². The molecule has 0 atom stereocenters. The molecule has 1 aromatic carbocycles. The van der Waals surface area contributed by atoms with E-state index in [4.69, 9.17) is 10.5 Å². The maximum Gasteiger partial charge on any atom is 0.144 e. The molecule has 0 spiro atoms. The summed E-state index contributed by atoms with van der Waals surface area (Å²) in [5.74, 6) is 3.26. The zero-order valence-electron chi connectivity index (χ0n) is 12.4. The molecule has 1 aliphatic rings. The second-order valence-electron chi connectivity index (χ2n) is 5.26. The van der Waals surface area contributed by atoms with Gasteiger partial charge in [-0.2, -0.15) is 11.8 Å². The highest BCUT2D eigenvalue weighted by Gasteiger charge is 2.11. The molecule has 20 heavy (non-hydrogen) atoms. The van der Waals surface area contributed by atoms with Gasteiger partial charge in [0.05, 0.1) is 17.5 Å². The molecule has 0 unspecified atom stereocenters. The molecular formula is C15H25N3OS. The average molecular weight is 295 g/mol. The first-order valence-corrected chi connectivity index (χ1v) is 8.41. The van der Waals surface area contributed by atoms with E-state index in [1.54, 1.807) is 0 Å². The molecule has 0 aliphatic carbocycles. The van der Waals surface area contributed by atoms with Crippen LogP contribution in [0.2, 0.25) is 0 Å². The van der Waals surface area contributed by atoms with Crippen molar-refractivity contribution in [2.75, 3.05) is 48.7 Å². The zero-order valence-corrected chi connectivity index (χ0v) is 13.2. The number of nitrogens with zero attached hydrogens (tertiary/aromatic N) is 1. The number of rotatable bonds is 6. The predicted octanol–water partition coefficient (Wildman–Crippen LogP) is 2.52. The molecule has 0 aromatic heterocycles. The molecule has 1 heterocycles. The van der Waals surface area contributed by atoms with Crippen LogP contribution in [0.5, 0.6) is 5.75 Å². The normalized spacial score (nSPS) is 16.4. The number of anilines is 2. The van der Waals surface area contributed by atoms with E-state index in [0.29, 0.717) is 5.69 Å². The van der Waals surface area contributed by atoms with Crippen LogP contribution in [0.4, 0.5) is 11.4 Å². The quantitative estimate of drug-likeness (QED) is 0.790. The van der Waals surface area contributed by atoms with Gasteiger partial charge in [-0.25, -0.2) is 0 Å². The van der Waals surface area contributed by atoms with Gasteiger partial charge in [-0.1, -0.05) is 6.07 Å². The van der Waals surface area contributed by atoms with E-state index in [2.05, 4.69) is 10.2 Å². The number of nitrogens with two attached hydrogens (primary N) is 1. The first kappa shape index (κ1) is 15.3. The Kier molecular flexibility index (Phi) is 5.86. The van der Waals surface area contributed by atoms with Crippen molar-refractivity contribution in [1.82, 2.24) is 4.90 Å². The van der Waals surface area contributed by atoms with E-state index in [9.17, 15) is 0 Å². The van der Waals surface area contributed by atoms with Crippen LogP contribution in [0, 0.1) is 0 Å². The van der Waals surface area contributed by atoms with Crippen LogP contribution in [0.3, 0.4) is 0 Å². The summed E-state index contributed by atoms with van der Waals surface area (Å²) >= 11 is 2.04. The minimum atomic E-state index is 0.137. The number of hydrogen-bond acceptors (Lipinski definition) is 5. The lowest BCUT2D eigenvalue weighted by Gasteiger charge is -2.26. The van der Waals surface area contributed by atoms with Crippen LogP contribution in [-0.4, -0.2) is 48.7 Å². The van der Waals surface area contributed by atoms with Gasteiger partial charge in [0.2, 0.25) is 0 Å². The zero-order chi connectivity index (χ0) is 14.4. The Balaban J connectivity index is 1.85. The second kappa shape index (κ2) is 7.64. The summed E-state index contributed by atoms with van der Waals surface area (Å²) in [5.41, 5.74) is 7.82. The third-order valence-electron chi connectivity index (χ3n) is 3.28. The minimum absolute atomic E-state index is 0.137. The van der Waals surface area contributed by atoms with Crippen LogP contribution in [0.15, 0.2) is 18.2 Å². The van der Waals surface area contributed by atoms with Gasteiger partial charge in [-0.3, -0.25) is 4.90 Å². The largest absolute Gasteiger partial charge is 0.489 e. The summed E-state index contributed by atoms with van der Waals surface area (Å²) < 4.78 is 5.70. The van der Waals surface area contributed by atoms with Crippen molar-refractivity contribution in [3.63, 3.8) is 0 Å². The van der Waals surface area contributed by atoms with Crippen molar-refractivity contribution in [1.29, 1.82) is 0 Å². The highest BCUT2D eigenvalue weighted by molar-refractivity contribution is 7.99. The van der Waals surface area contributed by atoms with Crippen LogP contribution in [0.1, 0.15) is 13.8 Å². The third kappa shape index (κ3) is 4.49. The summed E-state index contributed by atoms with van der Waals surface area (Å²) in [5, 5.41) is 3.42. The molecule has 112 valence electrons. The van der Waals surface area contributed by atoms with Gasteiger partial charge in [0, 0.05) is 37.7 Å². The predicted molar refractivity (Wildman–Crippen MR) is 88.9 cm³/mol. The van der Waals surface area contributed by atoms with Gasteiger partial charge in [-0.05, 0) is 26.0 Å². The molecule has 1 aromatic rings. The topological polar surface area (TPSA) is 50.5 Å². The monoisotopic (exact) mass is 295 g/mol. The number of hydrogen-bond donors (Lipinski definition) is 2. The molecule has 0 saturated carbocycles. The van der Waals surface area contributed by atoms with E-state index in [1.165, 1.54) is 24.6 Å². The van der Waals surface area contributed by atoms with Gasteiger partial charge in [0.25, 0.3) is 0 Å². The van der Waals surface area contributed by atoms with Crippen molar-refractivity contribution in [3.8, 4) is 5.75 Å². The van der Waals surface area contributed by atoms with Crippen molar-refractivity contribution in [2.45, 2.75) is 20.0 Å². The molecular weight excluding hydrogens is 270 g/mol. The van der Waals surface area contributed by atoms with Gasteiger partial charge < -0.3 is 15.8 Å². The Labute approximate surface area is 126 Å².